The number of amides is 1. The summed E-state index contributed by atoms with van der Waals surface area (Å²) in [7, 11) is 0. The smallest absolute Gasteiger partial charge is 0.223 e. The summed E-state index contributed by atoms with van der Waals surface area (Å²) in [6.07, 6.45) is 6.05. The number of hydrogen-bond donors (Lipinski definition) is 1. The van der Waals surface area contributed by atoms with E-state index in [0.717, 1.165) is 32.2 Å². The largest absolute Gasteiger partial charge is 0.369 e. The van der Waals surface area contributed by atoms with Crippen molar-refractivity contribution in [2.45, 2.75) is 37.7 Å². The maximum Gasteiger partial charge on any atom is 0.223 e. The molecule has 3 nitrogen and oxygen atoms in total. The minimum absolute atomic E-state index is 0.119. The molecule has 0 saturated heterocycles. The Kier molecular flexibility index (Phi) is 4.58. The van der Waals surface area contributed by atoms with Gasteiger partial charge < -0.3 is 10.1 Å². The molecule has 0 spiro atoms. The Hall–Kier alpha value is -2.13. The van der Waals surface area contributed by atoms with Gasteiger partial charge in [-0.3, -0.25) is 4.79 Å². The zero-order valence-corrected chi connectivity index (χ0v) is 14.5. The van der Waals surface area contributed by atoms with Gasteiger partial charge in [-0.2, -0.15) is 0 Å². The summed E-state index contributed by atoms with van der Waals surface area (Å²) in [5, 5.41) is 5.73. The van der Waals surface area contributed by atoms with Crippen LogP contribution in [0.4, 0.5) is 0 Å². The number of carbonyl (C=O) groups excluding carboxylic acids is 1. The number of ether oxygens (including phenoxy) is 1. The van der Waals surface area contributed by atoms with Gasteiger partial charge >= 0.3 is 0 Å². The van der Waals surface area contributed by atoms with Crippen molar-refractivity contribution in [3.8, 4) is 0 Å². The highest BCUT2D eigenvalue weighted by molar-refractivity contribution is 5.88. The van der Waals surface area contributed by atoms with Crippen LogP contribution in [0.5, 0.6) is 0 Å². The summed E-state index contributed by atoms with van der Waals surface area (Å²) in [5.74, 6) is 0.846. The van der Waals surface area contributed by atoms with Gasteiger partial charge in [0.15, 0.2) is 0 Å². The van der Waals surface area contributed by atoms with Crippen molar-refractivity contribution in [1.29, 1.82) is 0 Å². The fraction of sp³-hybridized carbons (Fsp3) is 0.409. The summed E-state index contributed by atoms with van der Waals surface area (Å²) in [5.41, 5.74) is 2.63. The molecule has 2 aliphatic rings. The van der Waals surface area contributed by atoms with E-state index in [0.29, 0.717) is 12.5 Å². The normalized spacial score (nSPS) is 22.4. The van der Waals surface area contributed by atoms with Gasteiger partial charge in [-0.05, 0) is 47.6 Å². The molecule has 2 aromatic rings. The highest BCUT2D eigenvalue weighted by Crippen LogP contribution is 2.43. The first-order chi connectivity index (χ1) is 12.3. The van der Waals surface area contributed by atoms with Crippen LogP contribution in [0.3, 0.4) is 0 Å². The van der Waals surface area contributed by atoms with Gasteiger partial charge in [0.25, 0.3) is 0 Å². The van der Waals surface area contributed by atoms with Crippen LogP contribution >= 0.6 is 0 Å². The molecule has 0 heterocycles. The summed E-state index contributed by atoms with van der Waals surface area (Å²) in [6.45, 7) is 5.06. The zero-order valence-electron chi connectivity index (χ0n) is 14.5. The number of benzene rings is 2. The third kappa shape index (κ3) is 3.34. The molecular weight excluding hydrogens is 310 g/mol. The molecule has 1 fully saturated rings. The van der Waals surface area contributed by atoms with Gasteiger partial charge in [-0.15, -0.1) is 6.58 Å². The van der Waals surface area contributed by atoms with Crippen LogP contribution in [0.25, 0.3) is 10.8 Å². The second-order valence-corrected chi connectivity index (χ2v) is 7.19. The fourth-order valence-electron chi connectivity index (χ4n) is 3.98. The summed E-state index contributed by atoms with van der Waals surface area (Å²) in [6, 6.07) is 12.9. The Morgan fingerprint density at radius 2 is 2.00 bits per heavy atom. The van der Waals surface area contributed by atoms with Gasteiger partial charge in [-0.1, -0.05) is 42.5 Å². The number of fused-ring (bicyclic) bond motifs is 3. The van der Waals surface area contributed by atoms with Crippen LogP contribution in [-0.2, 0) is 9.53 Å². The molecule has 25 heavy (non-hydrogen) atoms. The van der Waals surface area contributed by atoms with E-state index in [1.165, 1.54) is 21.9 Å². The fourth-order valence-corrected chi connectivity index (χ4v) is 3.98. The van der Waals surface area contributed by atoms with Crippen molar-refractivity contribution in [2.24, 2.45) is 5.92 Å². The van der Waals surface area contributed by atoms with E-state index < -0.39 is 0 Å². The lowest BCUT2D eigenvalue weighted by molar-refractivity contribution is -0.122. The predicted molar refractivity (Wildman–Crippen MR) is 101 cm³/mol. The molecule has 0 aliphatic heterocycles. The Morgan fingerprint density at radius 3 is 2.80 bits per heavy atom. The quantitative estimate of drug-likeness (QED) is 0.790. The molecule has 130 valence electrons. The highest BCUT2D eigenvalue weighted by atomic mass is 16.5. The van der Waals surface area contributed by atoms with Crippen LogP contribution in [0, 0.1) is 5.92 Å². The van der Waals surface area contributed by atoms with Crippen molar-refractivity contribution < 1.29 is 9.53 Å². The van der Waals surface area contributed by atoms with Gasteiger partial charge in [0.1, 0.15) is 0 Å². The zero-order chi connectivity index (χ0) is 17.2. The standard InChI is InChI=1S/C22H25NO2/c1-2-13-25-20-12-10-17(14-23-22(24)16-7-8-16)21-18-6-4-3-5-15(18)9-11-19(20)21/h2-6,9,11,16-17,20H,1,7-8,10,12-14H2,(H,23,24). The SMILES string of the molecule is C=CCOC1CCC(CNC(=O)C2CC2)c2c1ccc1ccccc21. The maximum atomic E-state index is 12.1. The summed E-state index contributed by atoms with van der Waals surface area (Å²) >= 11 is 0. The van der Waals surface area contributed by atoms with Gasteiger partial charge in [0, 0.05) is 18.4 Å². The molecule has 2 atom stereocenters. The van der Waals surface area contributed by atoms with Crippen molar-refractivity contribution in [3.63, 3.8) is 0 Å². The predicted octanol–water partition coefficient (Wildman–Crippen LogP) is 4.49. The summed E-state index contributed by atoms with van der Waals surface area (Å²) < 4.78 is 6.02. The Bertz CT molecular complexity index is 794. The molecule has 1 saturated carbocycles. The van der Waals surface area contributed by atoms with Gasteiger partial charge in [0.05, 0.1) is 12.7 Å². The molecule has 0 bridgehead atoms. The third-order valence-electron chi connectivity index (χ3n) is 5.42. The topological polar surface area (TPSA) is 38.3 Å². The number of carbonyl (C=O) groups is 1. The Labute approximate surface area is 149 Å². The van der Waals surface area contributed by atoms with E-state index in [4.69, 9.17) is 4.74 Å². The Balaban J connectivity index is 1.66. The van der Waals surface area contributed by atoms with E-state index in [1.54, 1.807) is 0 Å². The van der Waals surface area contributed by atoms with Crippen LogP contribution in [-0.4, -0.2) is 19.1 Å². The molecule has 2 aliphatic carbocycles. The first-order valence-corrected chi connectivity index (χ1v) is 9.29. The average Bonchev–Trinajstić information content (AvgIpc) is 3.49. The van der Waals surface area contributed by atoms with E-state index in [1.807, 2.05) is 6.08 Å². The van der Waals surface area contributed by atoms with Crippen LogP contribution in [0.2, 0.25) is 0 Å². The van der Waals surface area contributed by atoms with Crippen LogP contribution in [0.1, 0.15) is 48.8 Å². The lowest BCUT2D eigenvalue weighted by atomic mass is 9.78. The molecule has 1 N–H and O–H groups in total. The molecule has 2 unspecified atom stereocenters. The van der Waals surface area contributed by atoms with Crippen molar-refractivity contribution in [3.05, 3.63) is 60.2 Å². The number of nitrogens with one attached hydrogen (secondary N) is 1. The lowest BCUT2D eigenvalue weighted by Crippen LogP contribution is -2.31. The van der Waals surface area contributed by atoms with Crippen LogP contribution in [0.15, 0.2) is 49.1 Å². The lowest BCUT2D eigenvalue weighted by Gasteiger charge is -2.33. The number of hydrogen-bond acceptors (Lipinski definition) is 2. The van der Waals surface area contributed by atoms with E-state index in [-0.39, 0.29) is 17.9 Å². The van der Waals surface area contributed by atoms with Crippen molar-refractivity contribution >= 4 is 16.7 Å². The molecule has 1 amide bonds. The van der Waals surface area contributed by atoms with Crippen molar-refractivity contribution in [1.82, 2.24) is 5.32 Å². The second kappa shape index (κ2) is 7.01. The molecule has 0 radical (unpaired) electrons. The van der Waals surface area contributed by atoms with E-state index in [9.17, 15) is 4.79 Å². The average molecular weight is 335 g/mol. The third-order valence-corrected chi connectivity index (χ3v) is 5.42. The molecule has 2 aromatic carbocycles. The van der Waals surface area contributed by atoms with Crippen LogP contribution < -0.4 is 5.32 Å². The minimum Gasteiger partial charge on any atom is -0.369 e. The highest BCUT2D eigenvalue weighted by Gasteiger charge is 2.32. The van der Waals surface area contributed by atoms with Gasteiger partial charge in [0.2, 0.25) is 5.91 Å². The number of rotatable bonds is 6. The second-order valence-electron chi connectivity index (χ2n) is 7.19. The monoisotopic (exact) mass is 335 g/mol. The molecular formula is C22H25NO2. The molecule has 4 rings (SSSR count). The van der Waals surface area contributed by atoms with E-state index in [2.05, 4.69) is 48.3 Å². The van der Waals surface area contributed by atoms with Gasteiger partial charge in [-0.25, -0.2) is 0 Å². The first kappa shape index (κ1) is 16.3. The van der Waals surface area contributed by atoms with Crippen molar-refractivity contribution in [2.75, 3.05) is 13.2 Å². The minimum atomic E-state index is 0.119. The summed E-state index contributed by atoms with van der Waals surface area (Å²) in [4.78, 5) is 12.1. The first-order valence-electron chi connectivity index (χ1n) is 9.29. The Morgan fingerprint density at radius 1 is 1.16 bits per heavy atom. The van der Waals surface area contributed by atoms with E-state index >= 15 is 0 Å². The molecule has 0 aromatic heterocycles. The maximum absolute atomic E-state index is 12.1. The molecule has 3 heteroatoms.